The van der Waals surface area contributed by atoms with Crippen LogP contribution in [-0.4, -0.2) is 76.5 Å². The van der Waals surface area contributed by atoms with Crippen LogP contribution in [0.5, 0.6) is 0 Å². The summed E-state index contributed by atoms with van der Waals surface area (Å²) in [7, 11) is 0. The van der Waals surface area contributed by atoms with E-state index in [-0.39, 0.29) is 35.7 Å². The van der Waals surface area contributed by atoms with E-state index in [1.54, 1.807) is 0 Å². The van der Waals surface area contributed by atoms with E-state index in [0.29, 0.717) is 52.5 Å². The van der Waals surface area contributed by atoms with E-state index < -0.39 is 0 Å². The zero-order valence-corrected chi connectivity index (χ0v) is 18.7. The molecule has 0 saturated heterocycles. The maximum atomic E-state index is 11.7. The molecule has 0 radical (unpaired) electrons. The maximum Gasteiger partial charge on any atom is 0.163 e. The Hall–Kier alpha value is -0.860. The summed E-state index contributed by atoms with van der Waals surface area (Å²) >= 11 is 0. The van der Waals surface area contributed by atoms with Crippen molar-refractivity contribution in [3.63, 3.8) is 0 Å². The third-order valence-corrected chi connectivity index (χ3v) is 3.72. The second-order valence-electron chi connectivity index (χ2n) is 8.82. The van der Waals surface area contributed by atoms with E-state index in [0.717, 1.165) is 6.54 Å². The number of Topliss-reactive ketones (excluding diaryl/α,β-unsaturated/α-hetero) is 2. The van der Waals surface area contributed by atoms with Crippen LogP contribution in [0.3, 0.4) is 0 Å². The van der Waals surface area contributed by atoms with Crippen LogP contribution < -0.4 is 5.32 Å². The van der Waals surface area contributed by atoms with Gasteiger partial charge in [0, 0.05) is 30.5 Å². The minimum Gasteiger partial charge on any atom is -0.379 e. The molecule has 1 N–H and O–H groups in total. The third-order valence-electron chi connectivity index (χ3n) is 3.72. The lowest BCUT2D eigenvalue weighted by Gasteiger charge is -2.20. The Balaban J connectivity index is 3.35. The molecular weight excluding hydrogens is 362 g/mol. The quantitative estimate of drug-likeness (QED) is 0.373. The number of hydrogen-bond donors (Lipinski definition) is 1. The van der Waals surface area contributed by atoms with E-state index >= 15 is 0 Å². The first-order valence-electron chi connectivity index (χ1n) is 10.1. The number of rotatable bonds is 17. The molecule has 0 heterocycles. The highest BCUT2D eigenvalue weighted by Gasteiger charge is 2.20. The molecule has 0 fully saturated rings. The second kappa shape index (κ2) is 15.0. The van der Waals surface area contributed by atoms with E-state index in [1.807, 2.05) is 20.8 Å². The minimum atomic E-state index is -0.376. The van der Waals surface area contributed by atoms with Gasteiger partial charge >= 0.3 is 0 Å². The molecule has 7 nitrogen and oxygen atoms in total. The fraction of sp³-hybridized carbons (Fsp3) is 0.905. The number of ether oxygens (including phenoxy) is 4. The molecule has 0 amide bonds. The van der Waals surface area contributed by atoms with Gasteiger partial charge in [0.25, 0.3) is 0 Å². The number of carbonyl (C=O) groups is 2. The van der Waals surface area contributed by atoms with Gasteiger partial charge in [-0.25, -0.2) is 0 Å². The van der Waals surface area contributed by atoms with Gasteiger partial charge in [0.15, 0.2) is 11.6 Å². The average Bonchev–Trinajstić information content (AvgIpc) is 2.57. The molecule has 0 saturated carbocycles. The van der Waals surface area contributed by atoms with Gasteiger partial charge < -0.3 is 24.3 Å². The smallest absolute Gasteiger partial charge is 0.163 e. The van der Waals surface area contributed by atoms with E-state index in [1.165, 1.54) is 0 Å². The molecule has 0 aromatic carbocycles. The summed E-state index contributed by atoms with van der Waals surface area (Å²) in [5, 5.41) is 3.33. The molecule has 7 heteroatoms. The molecule has 0 aliphatic carbocycles. The van der Waals surface area contributed by atoms with Crippen LogP contribution in [0.25, 0.3) is 0 Å². The summed E-state index contributed by atoms with van der Waals surface area (Å²) in [4.78, 5) is 23.4. The Bertz CT molecular complexity index is 426. The van der Waals surface area contributed by atoms with Crippen molar-refractivity contribution in [3.05, 3.63) is 0 Å². The van der Waals surface area contributed by atoms with Crippen molar-refractivity contribution in [3.8, 4) is 0 Å². The fourth-order valence-corrected chi connectivity index (χ4v) is 1.95. The van der Waals surface area contributed by atoms with Gasteiger partial charge in [-0.15, -0.1) is 0 Å². The molecule has 0 atom stereocenters. The Morgan fingerprint density at radius 3 is 1.82 bits per heavy atom. The number of carbonyl (C=O) groups excluding carboxylic acids is 2. The Morgan fingerprint density at radius 2 is 1.25 bits per heavy atom. The van der Waals surface area contributed by atoms with Gasteiger partial charge in [-0.05, 0) is 27.2 Å². The van der Waals surface area contributed by atoms with Gasteiger partial charge in [-0.1, -0.05) is 20.8 Å². The summed E-state index contributed by atoms with van der Waals surface area (Å²) in [6.45, 7) is 15.8. The summed E-state index contributed by atoms with van der Waals surface area (Å²) in [5.74, 6) is 0.134. The normalized spacial score (nSPS) is 12.4. The van der Waals surface area contributed by atoms with Crippen molar-refractivity contribution >= 4 is 11.6 Å². The summed E-state index contributed by atoms with van der Waals surface area (Å²) in [5.41, 5.74) is -0.285. The Kier molecular flexibility index (Phi) is 14.6. The molecule has 0 aromatic rings. The highest BCUT2D eigenvalue weighted by atomic mass is 16.5. The lowest BCUT2D eigenvalue weighted by Crippen LogP contribution is -2.38. The number of nitrogens with one attached hydrogen (secondary N) is 1. The van der Waals surface area contributed by atoms with Gasteiger partial charge in [0.05, 0.1) is 33.0 Å². The Labute approximate surface area is 170 Å². The van der Waals surface area contributed by atoms with Crippen LogP contribution in [0, 0.1) is 5.41 Å². The summed E-state index contributed by atoms with van der Waals surface area (Å²) < 4.78 is 21.4. The first-order valence-corrected chi connectivity index (χ1v) is 10.1. The van der Waals surface area contributed by atoms with Gasteiger partial charge in [-0.3, -0.25) is 9.59 Å². The van der Waals surface area contributed by atoms with Crippen LogP contribution in [0.2, 0.25) is 0 Å². The van der Waals surface area contributed by atoms with Gasteiger partial charge in [0.2, 0.25) is 0 Å². The van der Waals surface area contributed by atoms with Crippen molar-refractivity contribution < 1.29 is 28.5 Å². The topological polar surface area (TPSA) is 83.1 Å². The van der Waals surface area contributed by atoms with Gasteiger partial charge in [-0.2, -0.15) is 0 Å². The molecule has 0 aliphatic heterocycles. The lowest BCUT2D eigenvalue weighted by atomic mass is 9.91. The van der Waals surface area contributed by atoms with Crippen molar-refractivity contribution in [1.29, 1.82) is 0 Å². The standard InChI is InChI=1S/C21H41NO6/c1-20(2,3)19(24)17-28-15-12-25-10-7-8-18(23)16-27-14-13-26-11-9-22-21(4,5)6/h22H,7-17H2,1-6H3. The van der Waals surface area contributed by atoms with Crippen LogP contribution >= 0.6 is 0 Å². The maximum absolute atomic E-state index is 11.7. The molecule has 0 bridgehead atoms. The average molecular weight is 404 g/mol. The first kappa shape index (κ1) is 27.1. The SMILES string of the molecule is CC(C)(C)NCCOCCOCC(=O)CCCOCCOCC(=O)C(C)(C)C. The summed E-state index contributed by atoms with van der Waals surface area (Å²) in [6, 6.07) is 0. The number of ketones is 2. The van der Waals surface area contributed by atoms with Crippen molar-refractivity contribution in [2.75, 3.05) is 59.4 Å². The predicted octanol–water partition coefficient (Wildman–Crippen LogP) is 2.41. The lowest BCUT2D eigenvalue weighted by molar-refractivity contribution is -0.131. The molecule has 28 heavy (non-hydrogen) atoms. The zero-order valence-electron chi connectivity index (χ0n) is 18.7. The van der Waals surface area contributed by atoms with Crippen molar-refractivity contribution in [2.24, 2.45) is 5.41 Å². The van der Waals surface area contributed by atoms with E-state index in [9.17, 15) is 9.59 Å². The molecule has 0 unspecified atom stereocenters. The van der Waals surface area contributed by atoms with E-state index in [2.05, 4.69) is 26.1 Å². The minimum absolute atomic E-state index is 0.0602. The fourth-order valence-electron chi connectivity index (χ4n) is 1.95. The third kappa shape index (κ3) is 18.5. The van der Waals surface area contributed by atoms with Crippen molar-refractivity contribution in [1.82, 2.24) is 5.32 Å². The monoisotopic (exact) mass is 403 g/mol. The van der Waals surface area contributed by atoms with E-state index in [4.69, 9.17) is 18.9 Å². The highest BCUT2D eigenvalue weighted by Crippen LogP contribution is 2.14. The first-order chi connectivity index (χ1) is 13.0. The van der Waals surface area contributed by atoms with Crippen LogP contribution in [0.4, 0.5) is 0 Å². The molecule has 0 spiro atoms. The molecular formula is C21H41NO6. The molecule has 0 rings (SSSR count). The van der Waals surface area contributed by atoms with Crippen LogP contribution in [-0.2, 0) is 28.5 Å². The van der Waals surface area contributed by atoms with Crippen molar-refractivity contribution in [2.45, 2.75) is 59.9 Å². The van der Waals surface area contributed by atoms with Crippen LogP contribution in [0.15, 0.2) is 0 Å². The Morgan fingerprint density at radius 1 is 0.714 bits per heavy atom. The largest absolute Gasteiger partial charge is 0.379 e. The van der Waals surface area contributed by atoms with Gasteiger partial charge in [0.1, 0.15) is 13.2 Å². The predicted molar refractivity (Wildman–Crippen MR) is 110 cm³/mol. The molecule has 0 aromatic heterocycles. The number of hydrogen-bond acceptors (Lipinski definition) is 7. The second-order valence-corrected chi connectivity index (χ2v) is 8.82. The summed E-state index contributed by atoms with van der Waals surface area (Å²) in [6.07, 6.45) is 1.08. The highest BCUT2D eigenvalue weighted by molar-refractivity contribution is 5.84. The zero-order chi connectivity index (χ0) is 21.5. The molecule has 0 aliphatic rings. The molecule has 166 valence electrons. The van der Waals surface area contributed by atoms with Crippen LogP contribution in [0.1, 0.15) is 54.4 Å².